The van der Waals surface area contributed by atoms with Crippen LogP contribution in [0.5, 0.6) is 11.5 Å². The third-order valence-corrected chi connectivity index (χ3v) is 3.69. The van der Waals surface area contributed by atoms with Crippen LogP contribution in [0, 0.1) is 0 Å². The molecule has 0 spiro atoms. The van der Waals surface area contributed by atoms with Crippen molar-refractivity contribution in [2.75, 3.05) is 24.4 Å². The van der Waals surface area contributed by atoms with Crippen LogP contribution < -0.4 is 20.1 Å². The molecule has 0 radical (unpaired) electrons. The molecule has 0 saturated carbocycles. The summed E-state index contributed by atoms with van der Waals surface area (Å²) in [5.41, 5.74) is 1.87. The molecule has 142 valence electrons. The number of hydrogen-bond donors (Lipinski definition) is 2. The van der Waals surface area contributed by atoms with Gasteiger partial charge in [0.1, 0.15) is 0 Å². The maximum absolute atomic E-state index is 12.2. The number of hydrogen-bond acceptors (Lipinski definition) is 4. The number of halogens is 1. The largest absolute Gasteiger partial charge is 0.491 e. The summed E-state index contributed by atoms with van der Waals surface area (Å²) >= 11 is 6.20. The van der Waals surface area contributed by atoms with Gasteiger partial charge in [-0.05, 0) is 48.9 Å². The minimum atomic E-state index is -0.320. The first-order chi connectivity index (χ1) is 12.9. The Bertz CT molecular complexity index is 865. The van der Waals surface area contributed by atoms with Crippen molar-refractivity contribution in [1.29, 1.82) is 0 Å². The van der Waals surface area contributed by atoms with Gasteiger partial charge in [-0.2, -0.15) is 0 Å². The van der Waals surface area contributed by atoms with Crippen molar-refractivity contribution in [3.8, 4) is 11.5 Å². The van der Waals surface area contributed by atoms with Gasteiger partial charge in [-0.3, -0.25) is 9.59 Å². The molecule has 0 aliphatic carbocycles. The molecule has 7 heteroatoms. The Labute approximate surface area is 163 Å². The Hall–Kier alpha value is -2.99. The quantitative estimate of drug-likeness (QED) is 0.691. The van der Waals surface area contributed by atoms with E-state index in [-0.39, 0.29) is 11.8 Å². The van der Waals surface area contributed by atoms with Gasteiger partial charge < -0.3 is 20.1 Å². The predicted octanol–water partition coefficient (Wildman–Crippen LogP) is 4.36. The number of nitrogens with one attached hydrogen (secondary N) is 2. The Morgan fingerprint density at radius 2 is 1.85 bits per heavy atom. The zero-order valence-electron chi connectivity index (χ0n) is 15.3. The number of amides is 2. The topological polar surface area (TPSA) is 76.7 Å². The minimum absolute atomic E-state index is 0.181. The van der Waals surface area contributed by atoms with E-state index >= 15 is 0 Å². The second kappa shape index (κ2) is 9.64. The van der Waals surface area contributed by atoms with E-state index in [4.69, 9.17) is 21.1 Å². The average Bonchev–Trinajstić information content (AvgIpc) is 2.60. The molecule has 0 heterocycles. The number of carbonyl (C=O) groups is 2. The number of benzene rings is 2. The smallest absolute Gasteiger partial charge is 0.248 e. The molecule has 0 aliphatic rings. The van der Waals surface area contributed by atoms with Crippen LogP contribution in [0.15, 0.2) is 42.5 Å². The molecule has 0 unspecified atom stereocenters. The van der Waals surface area contributed by atoms with Crippen LogP contribution in [0.1, 0.15) is 19.4 Å². The molecule has 0 saturated heterocycles. The van der Waals surface area contributed by atoms with Crippen molar-refractivity contribution in [1.82, 2.24) is 0 Å². The molecule has 0 atom stereocenters. The van der Waals surface area contributed by atoms with E-state index in [2.05, 4.69) is 10.6 Å². The lowest BCUT2D eigenvalue weighted by molar-refractivity contribution is -0.114. The fourth-order valence-electron chi connectivity index (χ4n) is 2.38. The van der Waals surface area contributed by atoms with Gasteiger partial charge in [-0.1, -0.05) is 17.7 Å². The third kappa shape index (κ3) is 6.04. The number of carbonyl (C=O) groups excluding carboxylic acids is 2. The van der Waals surface area contributed by atoms with E-state index in [0.717, 1.165) is 0 Å². The summed E-state index contributed by atoms with van der Waals surface area (Å²) in [6, 6.07) is 10.3. The van der Waals surface area contributed by atoms with Gasteiger partial charge in [-0.25, -0.2) is 0 Å². The molecule has 27 heavy (non-hydrogen) atoms. The number of methoxy groups -OCH3 is 1. The highest BCUT2D eigenvalue weighted by Crippen LogP contribution is 2.36. The van der Waals surface area contributed by atoms with Gasteiger partial charge in [0.25, 0.3) is 0 Å². The highest BCUT2D eigenvalue weighted by Gasteiger charge is 2.10. The molecule has 2 aromatic carbocycles. The van der Waals surface area contributed by atoms with Crippen LogP contribution in [0.2, 0.25) is 5.02 Å². The number of ether oxygens (including phenoxy) is 2. The Balaban J connectivity index is 2.11. The first-order valence-corrected chi connectivity index (χ1v) is 8.67. The lowest BCUT2D eigenvalue weighted by Gasteiger charge is -2.11. The molecular weight excluding hydrogens is 368 g/mol. The summed E-state index contributed by atoms with van der Waals surface area (Å²) in [4.78, 5) is 23.3. The van der Waals surface area contributed by atoms with Crippen LogP contribution in [-0.4, -0.2) is 25.5 Å². The zero-order valence-corrected chi connectivity index (χ0v) is 16.1. The summed E-state index contributed by atoms with van der Waals surface area (Å²) in [6.07, 6.45) is 3.01. The molecule has 0 aliphatic heterocycles. The Morgan fingerprint density at radius 3 is 2.48 bits per heavy atom. The molecule has 2 rings (SSSR count). The number of rotatable bonds is 7. The lowest BCUT2D eigenvalue weighted by Crippen LogP contribution is -2.09. The first-order valence-electron chi connectivity index (χ1n) is 8.30. The van der Waals surface area contributed by atoms with Crippen molar-refractivity contribution in [2.24, 2.45) is 0 Å². The fourth-order valence-corrected chi connectivity index (χ4v) is 2.68. The second-order valence-electron chi connectivity index (χ2n) is 5.55. The molecule has 0 aromatic heterocycles. The second-order valence-corrected chi connectivity index (χ2v) is 5.96. The molecule has 2 N–H and O–H groups in total. The van der Waals surface area contributed by atoms with Crippen LogP contribution in [0.3, 0.4) is 0 Å². The maximum atomic E-state index is 12.2. The average molecular weight is 389 g/mol. The van der Waals surface area contributed by atoms with Crippen molar-refractivity contribution >= 4 is 40.9 Å². The Kier molecular flexibility index (Phi) is 7.25. The molecule has 0 bridgehead atoms. The third-order valence-electron chi connectivity index (χ3n) is 3.41. The van der Waals surface area contributed by atoms with Crippen LogP contribution in [0.25, 0.3) is 6.08 Å². The van der Waals surface area contributed by atoms with Gasteiger partial charge in [0.05, 0.1) is 18.7 Å². The van der Waals surface area contributed by atoms with E-state index in [1.165, 1.54) is 20.1 Å². The standard InChI is InChI=1S/C20H21ClN2O4/c1-4-27-18-11-14(10-17(21)20(18)26-3)8-9-19(25)23-16-7-5-6-15(12-16)22-13(2)24/h5-12H,4H2,1-3H3,(H,22,24)(H,23,25)/b9-8+. The molecule has 2 aromatic rings. The van der Waals surface area contributed by atoms with Crippen molar-refractivity contribution in [3.63, 3.8) is 0 Å². The summed E-state index contributed by atoms with van der Waals surface area (Å²) in [5.74, 6) is 0.463. The maximum Gasteiger partial charge on any atom is 0.248 e. The van der Waals surface area contributed by atoms with Crippen molar-refractivity contribution in [2.45, 2.75) is 13.8 Å². The first kappa shape index (κ1) is 20.3. The summed E-state index contributed by atoms with van der Waals surface area (Å²) in [6.45, 7) is 3.74. The SMILES string of the molecule is CCOc1cc(/C=C/C(=O)Nc2cccc(NC(C)=O)c2)cc(Cl)c1OC. The lowest BCUT2D eigenvalue weighted by atomic mass is 10.2. The van der Waals surface area contributed by atoms with Gasteiger partial charge in [0.15, 0.2) is 11.5 Å². The van der Waals surface area contributed by atoms with E-state index in [1.54, 1.807) is 42.5 Å². The van der Waals surface area contributed by atoms with E-state index in [9.17, 15) is 9.59 Å². The van der Waals surface area contributed by atoms with Crippen molar-refractivity contribution in [3.05, 3.63) is 53.1 Å². The van der Waals surface area contributed by atoms with Gasteiger partial charge >= 0.3 is 0 Å². The van der Waals surface area contributed by atoms with Crippen molar-refractivity contribution < 1.29 is 19.1 Å². The molecule has 0 fully saturated rings. The summed E-state index contributed by atoms with van der Waals surface area (Å²) in [5, 5.41) is 5.79. The zero-order chi connectivity index (χ0) is 19.8. The van der Waals surface area contributed by atoms with Gasteiger partial charge in [0, 0.05) is 24.4 Å². The molecular formula is C20H21ClN2O4. The van der Waals surface area contributed by atoms with Gasteiger partial charge in [0.2, 0.25) is 11.8 Å². The van der Waals surface area contributed by atoms with E-state index < -0.39 is 0 Å². The molecule has 6 nitrogen and oxygen atoms in total. The minimum Gasteiger partial charge on any atom is -0.491 e. The normalized spacial score (nSPS) is 10.5. The highest BCUT2D eigenvalue weighted by molar-refractivity contribution is 6.32. The highest BCUT2D eigenvalue weighted by atomic mass is 35.5. The van der Waals surface area contributed by atoms with Crippen LogP contribution in [-0.2, 0) is 9.59 Å². The number of anilines is 2. The predicted molar refractivity (Wildman–Crippen MR) is 108 cm³/mol. The van der Waals surface area contributed by atoms with Crippen LogP contribution >= 0.6 is 11.6 Å². The fraction of sp³-hybridized carbons (Fsp3) is 0.200. The summed E-state index contributed by atoms with van der Waals surface area (Å²) < 4.78 is 10.8. The van der Waals surface area contributed by atoms with Gasteiger partial charge in [-0.15, -0.1) is 0 Å². The van der Waals surface area contributed by atoms with E-state index in [1.807, 2.05) is 6.92 Å². The van der Waals surface area contributed by atoms with E-state index in [0.29, 0.717) is 40.1 Å². The Morgan fingerprint density at radius 1 is 1.15 bits per heavy atom. The molecule has 2 amide bonds. The summed E-state index contributed by atoms with van der Waals surface area (Å²) in [7, 11) is 1.52. The van der Waals surface area contributed by atoms with Crippen LogP contribution in [0.4, 0.5) is 11.4 Å². The monoisotopic (exact) mass is 388 g/mol.